The number of esters is 1. The fraction of sp³-hybridized carbons (Fsp3) is 0.211. The highest BCUT2D eigenvalue weighted by molar-refractivity contribution is 5.90. The van der Waals surface area contributed by atoms with Gasteiger partial charge in [0.05, 0.1) is 18.2 Å². The Morgan fingerprint density at radius 1 is 1.16 bits per heavy atom. The minimum absolute atomic E-state index is 0.211. The Balaban J connectivity index is 1.89. The van der Waals surface area contributed by atoms with Crippen molar-refractivity contribution in [3.05, 3.63) is 70.8 Å². The van der Waals surface area contributed by atoms with Gasteiger partial charge in [0.15, 0.2) is 0 Å². The van der Waals surface area contributed by atoms with Gasteiger partial charge < -0.3 is 9.47 Å². The molecule has 1 aliphatic heterocycles. The second-order valence-corrected chi connectivity index (χ2v) is 5.61. The van der Waals surface area contributed by atoms with Crippen LogP contribution in [0.1, 0.15) is 27.0 Å². The summed E-state index contributed by atoms with van der Waals surface area (Å²) < 4.78 is 48.9. The summed E-state index contributed by atoms with van der Waals surface area (Å²) in [7, 11) is 1.30. The second kappa shape index (κ2) is 6.63. The van der Waals surface area contributed by atoms with E-state index in [0.29, 0.717) is 23.3 Å². The molecule has 0 aromatic heterocycles. The molecule has 0 spiro atoms. The lowest BCUT2D eigenvalue weighted by Crippen LogP contribution is -2.06. The number of ether oxygens (including phenoxy) is 2. The van der Waals surface area contributed by atoms with Gasteiger partial charge in [-0.2, -0.15) is 13.2 Å². The molecule has 3 rings (SSSR count). The highest BCUT2D eigenvalue weighted by Crippen LogP contribution is 2.34. The fourth-order valence-corrected chi connectivity index (χ4v) is 2.67. The summed E-state index contributed by atoms with van der Waals surface area (Å²) >= 11 is 0. The number of hydrogen-bond donors (Lipinski definition) is 0. The molecule has 0 radical (unpaired) electrons. The van der Waals surface area contributed by atoms with E-state index in [4.69, 9.17) is 9.47 Å². The molecule has 6 heteroatoms. The first-order valence-electron chi connectivity index (χ1n) is 7.59. The molecule has 130 valence electrons. The first-order valence-corrected chi connectivity index (χ1v) is 7.59. The zero-order chi connectivity index (χ0) is 18.0. The van der Waals surface area contributed by atoms with Gasteiger partial charge in [0.2, 0.25) is 0 Å². The number of carbonyl (C=O) groups is 1. The normalized spacial score (nSPS) is 14.0. The Kier molecular flexibility index (Phi) is 4.53. The molecule has 25 heavy (non-hydrogen) atoms. The van der Waals surface area contributed by atoms with Crippen molar-refractivity contribution in [1.29, 1.82) is 0 Å². The van der Waals surface area contributed by atoms with Crippen molar-refractivity contribution in [2.45, 2.75) is 12.6 Å². The summed E-state index contributed by atoms with van der Waals surface area (Å²) in [5.41, 5.74) is 1.76. The number of alkyl halides is 3. The molecule has 0 fully saturated rings. The summed E-state index contributed by atoms with van der Waals surface area (Å²) in [6, 6.07) is 10.3. The number of benzene rings is 2. The minimum Gasteiger partial charge on any atom is -0.489 e. The zero-order valence-electron chi connectivity index (χ0n) is 13.4. The molecule has 0 N–H and O–H groups in total. The maximum absolute atomic E-state index is 12.9. The molecule has 0 amide bonds. The van der Waals surface area contributed by atoms with Crippen molar-refractivity contribution in [2.24, 2.45) is 0 Å². The maximum atomic E-state index is 12.9. The smallest absolute Gasteiger partial charge is 0.416 e. The van der Waals surface area contributed by atoms with E-state index < -0.39 is 17.7 Å². The predicted octanol–water partition coefficient (Wildman–Crippen LogP) is 4.51. The zero-order valence-corrected chi connectivity index (χ0v) is 13.4. The first kappa shape index (κ1) is 17.1. The minimum atomic E-state index is -4.39. The third-order valence-corrected chi connectivity index (χ3v) is 3.99. The van der Waals surface area contributed by atoms with Crippen LogP contribution in [-0.2, 0) is 17.3 Å². The lowest BCUT2D eigenvalue weighted by atomic mass is 10.0. The average molecular weight is 348 g/mol. The van der Waals surface area contributed by atoms with E-state index >= 15 is 0 Å². The van der Waals surface area contributed by atoms with Gasteiger partial charge in [0.1, 0.15) is 12.4 Å². The van der Waals surface area contributed by atoms with Gasteiger partial charge in [-0.3, -0.25) is 0 Å². The summed E-state index contributed by atoms with van der Waals surface area (Å²) in [6.07, 6.45) is -2.25. The predicted molar refractivity (Wildman–Crippen MR) is 86.4 cm³/mol. The van der Waals surface area contributed by atoms with Crippen LogP contribution < -0.4 is 4.74 Å². The third-order valence-electron chi connectivity index (χ3n) is 3.99. The maximum Gasteiger partial charge on any atom is 0.416 e. The topological polar surface area (TPSA) is 35.5 Å². The van der Waals surface area contributed by atoms with Crippen molar-refractivity contribution in [3.63, 3.8) is 0 Å². The van der Waals surface area contributed by atoms with Crippen LogP contribution in [0, 0.1) is 0 Å². The number of rotatable bonds is 2. The number of methoxy groups -OCH3 is 1. The molecule has 0 aliphatic carbocycles. The van der Waals surface area contributed by atoms with Gasteiger partial charge in [-0.25, -0.2) is 4.79 Å². The molecule has 2 aromatic rings. The van der Waals surface area contributed by atoms with Gasteiger partial charge in [-0.15, -0.1) is 0 Å². The van der Waals surface area contributed by atoms with E-state index in [9.17, 15) is 18.0 Å². The van der Waals surface area contributed by atoms with Crippen LogP contribution >= 0.6 is 0 Å². The van der Waals surface area contributed by atoms with Crippen molar-refractivity contribution in [1.82, 2.24) is 0 Å². The molecule has 1 heterocycles. The number of fused-ring (bicyclic) bond motifs is 1. The molecule has 3 nitrogen and oxygen atoms in total. The van der Waals surface area contributed by atoms with E-state index in [1.54, 1.807) is 18.2 Å². The summed E-state index contributed by atoms with van der Waals surface area (Å²) in [4.78, 5) is 11.6. The van der Waals surface area contributed by atoms with Crippen LogP contribution in [0.2, 0.25) is 0 Å². The molecule has 0 saturated heterocycles. The van der Waals surface area contributed by atoms with E-state index in [0.717, 1.165) is 23.3 Å². The summed E-state index contributed by atoms with van der Waals surface area (Å²) in [5.74, 6) is -0.0153. The SMILES string of the molecule is COC(=O)c1cccc(C2=CCc3cc(C(F)(F)F)ccc3OC2)c1. The second-order valence-electron chi connectivity index (χ2n) is 5.61. The first-order chi connectivity index (χ1) is 11.9. The van der Waals surface area contributed by atoms with Crippen LogP contribution in [0.4, 0.5) is 13.2 Å². The third kappa shape index (κ3) is 3.68. The highest BCUT2D eigenvalue weighted by Gasteiger charge is 2.31. The van der Waals surface area contributed by atoms with E-state index in [2.05, 4.69) is 0 Å². The Hall–Kier alpha value is -2.76. The summed E-state index contributed by atoms with van der Waals surface area (Å²) in [5, 5.41) is 0. The number of halogens is 3. The molecule has 0 saturated carbocycles. The molecule has 2 aromatic carbocycles. The van der Waals surface area contributed by atoms with Gasteiger partial charge in [-0.1, -0.05) is 18.2 Å². The number of allylic oxidation sites excluding steroid dienone is 1. The standard InChI is InChI=1S/C19H15F3O3/c1-24-18(23)14-4-2-3-12(9-14)15-6-5-13-10-16(19(20,21)22)7-8-17(13)25-11-15/h2-4,6-10H,5,11H2,1H3. The van der Waals surface area contributed by atoms with Gasteiger partial charge >= 0.3 is 12.1 Å². The van der Waals surface area contributed by atoms with Crippen molar-refractivity contribution in [3.8, 4) is 5.75 Å². The lowest BCUT2D eigenvalue weighted by Gasteiger charge is -2.12. The highest BCUT2D eigenvalue weighted by atomic mass is 19.4. The van der Waals surface area contributed by atoms with Crippen molar-refractivity contribution < 1.29 is 27.4 Å². The Morgan fingerprint density at radius 3 is 2.68 bits per heavy atom. The average Bonchev–Trinajstić information content (AvgIpc) is 2.82. The Labute approximate surface area is 142 Å². The van der Waals surface area contributed by atoms with E-state index in [1.807, 2.05) is 12.1 Å². The van der Waals surface area contributed by atoms with Crippen LogP contribution in [0.25, 0.3) is 5.57 Å². The van der Waals surface area contributed by atoms with Crippen molar-refractivity contribution in [2.75, 3.05) is 13.7 Å². The molecule has 0 atom stereocenters. The van der Waals surface area contributed by atoms with Crippen LogP contribution in [0.15, 0.2) is 48.5 Å². The number of carbonyl (C=O) groups excluding carboxylic acids is 1. The molecule has 0 bridgehead atoms. The summed E-state index contributed by atoms with van der Waals surface area (Å²) in [6.45, 7) is 0.211. The van der Waals surface area contributed by atoms with E-state index in [1.165, 1.54) is 13.2 Å². The lowest BCUT2D eigenvalue weighted by molar-refractivity contribution is -0.137. The molecular weight excluding hydrogens is 333 g/mol. The van der Waals surface area contributed by atoms with Gasteiger partial charge in [-0.05, 0) is 53.5 Å². The van der Waals surface area contributed by atoms with Crippen LogP contribution in [0.5, 0.6) is 5.75 Å². The van der Waals surface area contributed by atoms with Crippen molar-refractivity contribution >= 4 is 11.5 Å². The Bertz CT molecular complexity index is 838. The van der Waals surface area contributed by atoms with Crippen LogP contribution in [-0.4, -0.2) is 19.7 Å². The quantitative estimate of drug-likeness (QED) is 0.749. The van der Waals surface area contributed by atoms with Gasteiger partial charge in [0.25, 0.3) is 0 Å². The number of hydrogen-bond acceptors (Lipinski definition) is 3. The molecule has 1 aliphatic rings. The van der Waals surface area contributed by atoms with Gasteiger partial charge in [0, 0.05) is 0 Å². The molecule has 0 unspecified atom stereocenters. The van der Waals surface area contributed by atoms with E-state index in [-0.39, 0.29) is 6.61 Å². The Morgan fingerprint density at radius 2 is 1.96 bits per heavy atom. The largest absolute Gasteiger partial charge is 0.489 e. The molecular formula is C19H15F3O3. The van der Waals surface area contributed by atoms with Crippen LogP contribution in [0.3, 0.4) is 0 Å². The fourth-order valence-electron chi connectivity index (χ4n) is 2.67. The monoisotopic (exact) mass is 348 g/mol.